The van der Waals surface area contributed by atoms with Gasteiger partial charge in [0.1, 0.15) is 0 Å². The van der Waals surface area contributed by atoms with E-state index in [9.17, 15) is 18.0 Å². The lowest BCUT2D eigenvalue weighted by molar-refractivity contribution is -0.116. The number of hydrogen-bond donors (Lipinski definition) is 3. The number of nitrogens with two attached hydrogens (primary N) is 1. The van der Waals surface area contributed by atoms with E-state index in [1.54, 1.807) is 44.7 Å². The van der Waals surface area contributed by atoms with Crippen LogP contribution in [0.4, 0.5) is 10.5 Å². The number of hydrogen-bond acceptors (Lipinski definition) is 9. The fourth-order valence-corrected chi connectivity index (χ4v) is 8.09. The number of rotatable bonds is 18. The number of benzene rings is 2. The molecule has 4 N–H and O–H groups in total. The molecule has 10 nitrogen and oxygen atoms in total. The first kappa shape index (κ1) is 34.7. The van der Waals surface area contributed by atoms with Crippen LogP contribution in [0.1, 0.15) is 40.0 Å². The van der Waals surface area contributed by atoms with E-state index in [4.69, 9.17) is 10.5 Å². The molecule has 2 aromatic rings. The summed E-state index contributed by atoms with van der Waals surface area (Å²) in [5, 5.41) is 4.48. The standard InChI is InChI=1S/C28H43N5O5S3/c1-6-9-21(2)39-40-26(22(3)33(20-34)18-15-29)14-19-38-28(35)30-16-17-31-41(36,37)27-13-8-10-23-24(27)11-7-12-25(23)32(4)5/h7-8,10-13,20-21,31H,6,9,14-19,29H2,1-5H3,(H,30,35). The van der Waals surface area contributed by atoms with Gasteiger partial charge >= 0.3 is 6.09 Å². The minimum Gasteiger partial charge on any atom is -0.449 e. The number of carbonyl (C=O) groups excluding carboxylic acids is 2. The van der Waals surface area contributed by atoms with Crippen LogP contribution in [-0.2, 0) is 19.6 Å². The van der Waals surface area contributed by atoms with Gasteiger partial charge in [0.25, 0.3) is 0 Å². The number of allylic oxidation sites excluding steroid dienone is 1. The Morgan fingerprint density at radius 3 is 2.51 bits per heavy atom. The van der Waals surface area contributed by atoms with Crippen LogP contribution < -0.4 is 20.7 Å². The third-order valence-electron chi connectivity index (χ3n) is 6.22. The first-order chi connectivity index (χ1) is 19.5. The van der Waals surface area contributed by atoms with Crippen LogP contribution in [0, 0.1) is 0 Å². The van der Waals surface area contributed by atoms with Crippen LogP contribution in [0.2, 0.25) is 0 Å². The molecule has 0 saturated carbocycles. The summed E-state index contributed by atoms with van der Waals surface area (Å²) < 4.78 is 34.0. The third-order valence-corrected chi connectivity index (χ3v) is 11.0. The molecule has 0 aromatic heterocycles. The van der Waals surface area contributed by atoms with Crippen molar-refractivity contribution in [2.24, 2.45) is 5.73 Å². The van der Waals surface area contributed by atoms with Gasteiger partial charge in [-0.1, -0.05) is 66.1 Å². The predicted molar refractivity (Wildman–Crippen MR) is 172 cm³/mol. The summed E-state index contributed by atoms with van der Waals surface area (Å²) >= 11 is 0. The highest BCUT2D eigenvalue weighted by atomic mass is 33.1. The molecule has 0 aliphatic heterocycles. The summed E-state index contributed by atoms with van der Waals surface area (Å²) in [5.41, 5.74) is 7.35. The molecule has 1 atom stereocenters. The summed E-state index contributed by atoms with van der Waals surface area (Å²) in [5.74, 6) is 0. The molecule has 0 saturated heterocycles. The topological polar surface area (TPSA) is 134 Å². The molecule has 0 fully saturated rings. The van der Waals surface area contributed by atoms with Crippen molar-refractivity contribution in [3.63, 3.8) is 0 Å². The number of fused-ring (bicyclic) bond motifs is 1. The number of carbonyl (C=O) groups is 2. The Morgan fingerprint density at radius 2 is 1.85 bits per heavy atom. The van der Waals surface area contributed by atoms with E-state index in [2.05, 4.69) is 23.9 Å². The number of nitrogens with zero attached hydrogens (tertiary/aromatic N) is 2. The summed E-state index contributed by atoms with van der Waals surface area (Å²) in [7, 11) is 3.31. The van der Waals surface area contributed by atoms with E-state index >= 15 is 0 Å². The van der Waals surface area contributed by atoms with Gasteiger partial charge in [0.15, 0.2) is 0 Å². The Kier molecular flexibility index (Phi) is 14.8. The van der Waals surface area contributed by atoms with E-state index in [1.807, 2.05) is 44.1 Å². The highest BCUT2D eigenvalue weighted by molar-refractivity contribution is 8.78. The number of alkyl carbamates (subject to hydrolysis) is 1. The molecule has 1 unspecified atom stereocenters. The van der Waals surface area contributed by atoms with E-state index in [1.165, 1.54) is 0 Å². The van der Waals surface area contributed by atoms with Crippen molar-refractivity contribution in [1.82, 2.24) is 14.9 Å². The summed E-state index contributed by atoms with van der Waals surface area (Å²) in [6.07, 6.45) is 2.71. The molecule has 0 aliphatic rings. The number of sulfonamides is 1. The maximum Gasteiger partial charge on any atom is 0.407 e. The van der Waals surface area contributed by atoms with Gasteiger partial charge in [-0.15, -0.1) is 0 Å². The van der Waals surface area contributed by atoms with Crippen LogP contribution in [0.15, 0.2) is 51.9 Å². The Hall–Kier alpha value is -2.45. The highest BCUT2D eigenvalue weighted by Gasteiger charge is 2.18. The van der Waals surface area contributed by atoms with Gasteiger partial charge in [-0.25, -0.2) is 17.9 Å². The number of nitrogens with one attached hydrogen (secondary N) is 2. The SMILES string of the molecule is CCCC(C)SSC(CCOC(=O)NCCNS(=O)(=O)c1cccc2c(N(C)C)cccc12)=C(C)N(C=O)CCN. The van der Waals surface area contributed by atoms with E-state index in [0.717, 1.165) is 40.9 Å². The summed E-state index contributed by atoms with van der Waals surface area (Å²) in [6.45, 7) is 7.07. The zero-order valence-corrected chi connectivity index (χ0v) is 27.0. The molecular formula is C28H43N5O5S3. The molecule has 228 valence electrons. The fourth-order valence-electron chi connectivity index (χ4n) is 4.08. The molecule has 13 heteroatoms. The minimum atomic E-state index is -3.81. The van der Waals surface area contributed by atoms with Crippen molar-refractivity contribution < 1.29 is 22.7 Å². The molecule has 0 spiro atoms. The van der Waals surface area contributed by atoms with Gasteiger partial charge in [0.2, 0.25) is 16.4 Å². The minimum absolute atomic E-state index is 0.000640. The molecule has 41 heavy (non-hydrogen) atoms. The quantitative estimate of drug-likeness (QED) is 0.124. The van der Waals surface area contributed by atoms with Crippen LogP contribution in [0.5, 0.6) is 0 Å². The lowest BCUT2D eigenvalue weighted by Crippen LogP contribution is -2.35. The first-order valence-electron chi connectivity index (χ1n) is 13.6. The lowest BCUT2D eigenvalue weighted by Gasteiger charge is -2.21. The predicted octanol–water partition coefficient (Wildman–Crippen LogP) is 4.52. The molecule has 0 aliphatic carbocycles. The number of ether oxygens (including phenoxy) is 1. The highest BCUT2D eigenvalue weighted by Crippen LogP contribution is 2.39. The van der Waals surface area contributed by atoms with Crippen LogP contribution in [0.25, 0.3) is 10.8 Å². The Bertz CT molecular complexity index is 1290. The van der Waals surface area contributed by atoms with E-state index in [0.29, 0.717) is 30.1 Å². The zero-order chi connectivity index (χ0) is 30.4. The van der Waals surface area contributed by atoms with Gasteiger partial charge in [0, 0.05) is 79.0 Å². The largest absolute Gasteiger partial charge is 0.449 e. The number of anilines is 1. The lowest BCUT2D eigenvalue weighted by atomic mass is 10.1. The molecule has 2 amide bonds. The third kappa shape index (κ3) is 10.7. The van der Waals surface area contributed by atoms with Crippen LogP contribution >= 0.6 is 21.6 Å². The molecule has 2 rings (SSSR count). The van der Waals surface area contributed by atoms with Gasteiger partial charge in [-0.05, 0) is 25.5 Å². The molecule has 2 aromatic carbocycles. The van der Waals surface area contributed by atoms with E-state index in [-0.39, 0.29) is 24.6 Å². The van der Waals surface area contributed by atoms with Crippen molar-refractivity contribution in [3.05, 3.63) is 47.0 Å². The second-order valence-corrected chi connectivity index (χ2v) is 14.1. The van der Waals surface area contributed by atoms with Crippen molar-refractivity contribution in [1.29, 1.82) is 0 Å². The van der Waals surface area contributed by atoms with Crippen molar-refractivity contribution in [2.75, 3.05) is 51.8 Å². The summed E-state index contributed by atoms with van der Waals surface area (Å²) in [4.78, 5) is 28.5. The number of amides is 2. The second kappa shape index (κ2) is 17.5. The fraction of sp³-hybridized carbons (Fsp3) is 0.500. The molecule has 0 bridgehead atoms. The normalized spacial score (nSPS) is 12.9. The van der Waals surface area contributed by atoms with Crippen molar-refractivity contribution in [2.45, 2.75) is 50.2 Å². The van der Waals surface area contributed by atoms with Gasteiger partial charge in [0.05, 0.1) is 11.5 Å². The first-order valence-corrected chi connectivity index (χ1v) is 17.3. The van der Waals surface area contributed by atoms with Gasteiger partial charge < -0.3 is 25.6 Å². The maximum absolute atomic E-state index is 13.0. The van der Waals surface area contributed by atoms with Crippen molar-refractivity contribution in [3.8, 4) is 0 Å². The monoisotopic (exact) mass is 625 g/mol. The van der Waals surface area contributed by atoms with Gasteiger partial charge in [-0.2, -0.15) is 0 Å². The van der Waals surface area contributed by atoms with E-state index < -0.39 is 16.1 Å². The Labute approximate surface area is 252 Å². The van der Waals surface area contributed by atoms with Gasteiger partial charge in [-0.3, -0.25) is 4.79 Å². The molecular weight excluding hydrogens is 583 g/mol. The maximum atomic E-state index is 13.0. The van der Waals surface area contributed by atoms with Crippen LogP contribution in [-0.4, -0.2) is 78.0 Å². The summed E-state index contributed by atoms with van der Waals surface area (Å²) in [6, 6.07) is 10.7. The van der Waals surface area contributed by atoms with Crippen molar-refractivity contribution >= 4 is 60.6 Å². The smallest absolute Gasteiger partial charge is 0.407 e. The van der Waals surface area contributed by atoms with Crippen LogP contribution in [0.3, 0.4) is 0 Å². The molecule has 0 heterocycles. The zero-order valence-electron chi connectivity index (χ0n) is 24.5. The Balaban J connectivity index is 1.92. The Morgan fingerprint density at radius 1 is 1.15 bits per heavy atom. The molecule has 0 radical (unpaired) electrons. The second-order valence-electron chi connectivity index (χ2n) is 9.61. The average molecular weight is 626 g/mol. The average Bonchev–Trinajstić information content (AvgIpc) is 2.94.